The van der Waals surface area contributed by atoms with E-state index in [0.29, 0.717) is 11.4 Å². The molecule has 0 aromatic heterocycles. The van der Waals surface area contributed by atoms with Crippen LogP contribution in [0.2, 0.25) is 0 Å². The van der Waals surface area contributed by atoms with Gasteiger partial charge in [0.15, 0.2) is 0 Å². The molecule has 0 radical (unpaired) electrons. The number of benzene rings is 3. The predicted molar refractivity (Wildman–Crippen MR) is 134 cm³/mol. The second kappa shape index (κ2) is 9.67. The molecule has 1 N–H and O–H groups in total. The second-order valence-electron chi connectivity index (χ2n) is 7.73. The number of halogens is 1. The highest BCUT2D eigenvalue weighted by Crippen LogP contribution is 2.42. The van der Waals surface area contributed by atoms with E-state index in [1.54, 1.807) is 11.8 Å². The molecule has 5 nitrogen and oxygen atoms in total. The molecule has 3 aromatic rings. The summed E-state index contributed by atoms with van der Waals surface area (Å²) in [6.07, 6.45) is 0. The fraction of sp³-hybridized carbons (Fsp3) is 0.200. The second-order valence-corrected chi connectivity index (χ2v) is 9.23. The topological polar surface area (TPSA) is 52.6 Å². The van der Waals surface area contributed by atoms with Crippen molar-refractivity contribution in [2.24, 2.45) is 0 Å². The maximum atomic E-state index is 12.7. The van der Waals surface area contributed by atoms with Gasteiger partial charge in [-0.15, -0.1) is 23.4 Å². The molecular weight excluding hydrogens is 442 g/mol. The lowest BCUT2D eigenvalue weighted by atomic mass is 10.1. The van der Waals surface area contributed by atoms with Crippen LogP contribution in [-0.2, 0) is 9.59 Å². The first-order chi connectivity index (χ1) is 15.4. The molecule has 1 fully saturated rings. The summed E-state index contributed by atoms with van der Waals surface area (Å²) in [5, 5.41) is 1.96. The molecular formula is C25H24ClN3O2S. The molecule has 0 aliphatic carbocycles. The fourth-order valence-electron chi connectivity index (χ4n) is 3.61. The summed E-state index contributed by atoms with van der Waals surface area (Å²) in [4.78, 5) is 29.2. The zero-order valence-corrected chi connectivity index (χ0v) is 19.4. The van der Waals surface area contributed by atoms with E-state index in [1.165, 1.54) is 0 Å². The Kier molecular flexibility index (Phi) is 6.72. The van der Waals surface area contributed by atoms with E-state index in [0.717, 1.165) is 22.5 Å². The zero-order valence-electron chi connectivity index (χ0n) is 17.9. The maximum Gasteiger partial charge on any atom is 0.246 e. The first-order valence-corrected chi connectivity index (χ1v) is 11.7. The van der Waals surface area contributed by atoms with Gasteiger partial charge in [-0.3, -0.25) is 14.5 Å². The van der Waals surface area contributed by atoms with Crippen LogP contribution in [0.5, 0.6) is 0 Å². The van der Waals surface area contributed by atoms with E-state index in [1.807, 2.05) is 103 Å². The molecule has 2 atom stereocenters. The van der Waals surface area contributed by atoms with E-state index in [4.69, 9.17) is 11.6 Å². The minimum atomic E-state index is -0.783. The Morgan fingerprint density at radius 1 is 1.06 bits per heavy atom. The number of thioether (sulfide) groups is 1. The Balaban J connectivity index is 1.54. The van der Waals surface area contributed by atoms with Gasteiger partial charge in [-0.2, -0.15) is 0 Å². The largest absolute Gasteiger partial charge is 0.378 e. The van der Waals surface area contributed by atoms with E-state index in [-0.39, 0.29) is 17.2 Å². The quantitative estimate of drug-likeness (QED) is 0.492. The van der Waals surface area contributed by atoms with Crippen LogP contribution in [0.15, 0.2) is 78.9 Å². The Labute approximate surface area is 197 Å². The highest BCUT2D eigenvalue weighted by molar-refractivity contribution is 8.00. The van der Waals surface area contributed by atoms with Crippen LogP contribution < -0.4 is 15.1 Å². The summed E-state index contributed by atoms with van der Waals surface area (Å²) in [7, 11) is 3.97. The standard InChI is InChI=1S/C25H24ClN3O2S/c1-28(2)20-11-13-21(14-12-20)29-22(30)16-32-25(29)18-9-6-10-19(15-18)27-24(31)23(26)17-7-4-3-5-8-17/h3-15,23,25H,16H2,1-2H3,(H,27,31)/t23-,25-/m1/s1. The van der Waals surface area contributed by atoms with Gasteiger partial charge < -0.3 is 10.2 Å². The molecule has 0 spiro atoms. The van der Waals surface area contributed by atoms with Gasteiger partial charge >= 0.3 is 0 Å². The molecule has 4 rings (SSSR count). The average molecular weight is 466 g/mol. The van der Waals surface area contributed by atoms with Gasteiger partial charge in [0.2, 0.25) is 11.8 Å². The summed E-state index contributed by atoms with van der Waals surface area (Å²) in [6, 6.07) is 24.8. The number of alkyl halides is 1. The van der Waals surface area contributed by atoms with Gasteiger partial charge in [0.25, 0.3) is 0 Å². The third-order valence-electron chi connectivity index (χ3n) is 5.27. The molecule has 2 amide bonds. The van der Waals surface area contributed by atoms with Crippen LogP contribution in [0, 0.1) is 0 Å². The Hall–Kier alpha value is -2.96. The third kappa shape index (κ3) is 4.76. The van der Waals surface area contributed by atoms with Crippen molar-refractivity contribution in [3.63, 3.8) is 0 Å². The van der Waals surface area contributed by atoms with E-state index in [9.17, 15) is 9.59 Å². The summed E-state index contributed by atoms with van der Waals surface area (Å²) in [6.45, 7) is 0. The van der Waals surface area contributed by atoms with Gasteiger partial charge in [-0.05, 0) is 47.5 Å². The molecule has 0 bridgehead atoms. The number of carbonyl (C=O) groups is 2. The van der Waals surface area contributed by atoms with Crippen molar-refractivity contribution in [2.75, 3.05) is 35.0 Å². The molecule has 1 heterocycles. The van der Waals surface area contributed by atoms with Crippen molar-refractivity contribution in [2.45, 2.75) is 10.8 Å². The van der Waals surface area contributed by atoms with Crippen molar-refractivity contribution < 1.29 is 9.59 Å². The van der Waals surface area contributed by atoms with E-state index >= 15 is 0 Å². The predicted octanol–water partition coefficient (Wildman–Crippen LogP) is 5.45. The SMILES string of the molecule is CN(C)c1ccc(N2C(=O)CS[C@@H]2c2cccc(NC(=O)[C@H](Cl)c3ccccc3)c2)cc1. The van der Waals surface area contributed by atoms with Crippen molar-refractivity contribution >= 4 is 52.2 Å². The number of rotatable bonds is 6. The molecule has 32 heavy (non-hydrogen) atoms. The normalized spacial score (nSPS) is 16.7. The minimum Gasteiger partial charge on any atom is -0.378 e. The highest BCUT2D eigenvalue weighted by Gasteiger charge is 2.34. The summed E-state index contributed by atoms with van der Waals surface area (Å²) in [5.41, 5.74) is 4.27. The van der Waals surface area contributed by atoms with Crippen molar-refractivity contribution in [3.8, 4) is 0 Å². The van der Waals surface area contributed by atoms with Crippen LogP contribution in [0.1, 0.15) is 21.9 Å². The van der Waals surface area contributed by atoms with Crippen LogP contribution >= 0.6 is 23.4 Å². The molecule has 3 aromatic carbocycles. The number of hydrogen-bond acceptors (Lipinski definition) is 4. The van der Waals surface area contributed by atoms with Crippen LogP contribution in [-0.4, -0.2) is 31.7 Å². The fourth-order valence-corrected chi connectivity index (χ4v) is 4.98. The molecule has 1 aliphatic rings. The Morgan fingerprint density at radius 2 is 1.78 bits per heavy atom. The van der Waals surface area contributed by atoms with Gasteiger partial charge in [0, 0.05) is 31.2 Å². The number of nitrogens with zero attached hydrogens (tertiary/aromatic N) is 2. The summed E-state index contributed by atoms with van der Waals surface area (Å²) >= 11 is 7.93. The molecule has 1 saturated heterocycles. The molecule has 0 unspecified atom stereocenters. The first kappa shape index (κ1) is 22.2. The molecule has 1 aliphatic heterocycles. The molecule has 164 valence electrons. The zero-order chi connectivity index (χ0) is 22.7. The Bertz CT molecular complexity index is 1110. The number of hydrogen-bond donors (Lipinski definition) is 1. The number of amides is 2. The van der Waals surface area contributed by atoms with Gasteiger partial charge in [-0.25, -0.2) is 0 Å². The van der Waals surface area contributed by atoms with Crippen LogP contribution in [0.4, 0.5) is 17.1 Å². The van der Waals surface area contributed by atoms with Crippen molar-refractivity contribution in [1.82, 2.24) is 0 Å². The van der Waals surface area contributed by atoms with Crippen LogP contribution in [0.25, 0.3) is 0 Å². The first-order valence-electron chi connectivity index (χ1n) is 10.2. The maximum absolute atomic E-state index is 12.7. The van der Waals surface area contributed by atoms with Gasteiger partial charge in [0.1, 0.15) is 10.8 Å². The smallest absolute Gasteiger partial charge is 0.246 e. The monoisotopic (exact) mass is 465 g/mol. The van der Waals surface area contributed by atoms with E-state index < -0.39 is 5.38 Å². The van der Waals surface area contributed by atoms with Gasteiger partial charge in [0.05, 0.1) is 5.75 Å². The lowest BCUT2D eigenvalue weighted by Gasteiger charge is -2.25. The molecule has 0 saturated carbocycles. The summed E-state index contributed by atoms with van der Waals surface area (Å²) < 4.78 is 0. The average Bonchev–Trinajstić information content (AvgIpc) is 3.20. The highest BCUT2D eigenvalue weighted by atomic mass is 35.5. The minimum absolute atomic E-state index is 0.0666. The number of nitrogens with one attached hydrogen (secondary N) is 1. The van der Waals surface area contributed by atoms with Crippen molar-refractivity contribution in [3.05, 3.63) is 90.0 Å². The lowest BCUT2D eigenvalue weighted by molar-refractivity contribution is -0.116. The Morgan fingerprint density at radius 3 is 2.47 bits per heavy atom. The molecule has 7 heteroatoms. The summed E-state index contributed by atoms with van der Waals surface area (Å²) in [5.74, 6) is 0.187. The van der Waals surface area contributed by atoms with Crippen LogP contribution in [0.3, 0.4) is 0 Å². The number of carbonyl (C=O) groups excluding carboxylic acids is 2. The van der Waals surface area contributed by atoms with E-state index in [2.05, 4.69) is 5.32 Å². The third-order valence-corrected chi connectivity index (χ3v) is 6.94. The lowest BCUT2D eigenvalue weighted by Crippen LogP contribution is -2.28. The number of anilines is 3. The van der Waals surface area contributed by atoms with Crippen molar-refractivity contribution in [1.29, 1.82) is 0 Å². The van der Waals surface area contributed by atoms with Gasteiger partial charge in [-0.1, -0.05) is 42.5 Å².